The van der Waals surface area contributed by atoms with E-state index in [1.165, 1.54) is 0 Å². The number of ketones is 1. The summed E-state index contributed by atoms with van der Waals surface area (Å²) in [6.07, 6.45) is 7.44. The zero-order valence-electron chi connectivity index (χ0n) is 16.5. The molecule has 3 aromatic rings. The summed E-state index contributed by atoms with van der Waals surface area (Å²) in [4.78, 5) is 29.3. The smallest absolute Gasteiger partial charge is 0.253 e. The van der Waals surface area contributed by atoms with Crippen LogP contribution >= 0.6 is 0 Å². The molecule has 1 amide bonds. The number of carbonyl (C=O) groups excluding carboxylic acids is 2. The first-order chi connectivity index (χ1) is 14.1. The number of carbonyl (C=O) groups is 2. The number of Topliss-reactive ketones (excluding diaryl/α,β-unsaturated/α-hetero) is 1. The normalized spacial score (nSPS) is 18.9. The minimum absolute atomic E-state index is 0.00441. The summed E-state index contributed by atoms with van der Waals surface area (Å²) >= 11 is 0. The van der Waals surface area contributed by atoms with Crippen LogP contribution in [0.1, 0.15) is 53.3 Å². The highest BCUT2D eigenvalue weighted by atomic mass is 16.1. The minimum atomic E-state index is -0.104. The van der Waals surface area contributed by atoms with Crippen LogP contribution in [0.2, 0.25) is 0 Å². The van der Waals surface area contributed by atoms with Gasteiger partial charge in [-0.2, -0.15) is 0 Å². The number of nitrogens with one attached hydrogen (secondary N) is 2. The number of anilines is 1. The average molecular weight is 387 g/mol. The third-order valence-electron chi connectivity index (χ3n) is 5.64. The van der Waals surface area contributed by atoms with Crippen molar-refractivity contribution in [1.29, 1.82) is 0 Å². The fourth-order valence-electron chi connectivity index (χ4n) is 4.14. The highest BCUT2D eigenvalue weighted by Gasteiger charge is 2.28. The van der Waals surface area contributed by atoms with Gasteiger partial charge in [0.05, 0.1) is 5.56 Å². The van der Waals surface area contributed by atoms with Gasteiger partial charge < -0.3 is 10.6 Å². The second kappa shape index (κ2) is 8.43. The van der Waals surface area contributed by atoms with Crippen molar-refractivity contribution < 1.29 is 9.59 Å². The monoisotopic (exact) mass is 387 g/mol. The number of benzene rings is 2. The third-order valence-corrected chi connectivity index (χ3v) is 5.64. The van der Waals surface area contributed by atoms with Gasteiger partial charge in [0, 0.05) is 41.1 Å². The quantitative estimate of drug-likeness (QED) is 0.628. The van der Waals surface area contributed by atoms with Crippen molar-refractivity contribution in [2.45, 2.75) is 44.7 Å². The zero-order chi connectivity index (χ0) is 20.2. The number of pyridine rings is 1. The Kier molecular flexibility index (Phi) is 5.56. The standard InChI is InChI=1S/C24H25N3O2/c1-16(28)18-9-4-5-11-21(18)26-22-12-6-7-13-23(22)27-24(29)20-15-25-14-17-8-2-3-10-19(17)20/h2-5,8-11,14-15,22-23,26H,6-7,12-13H2,1H3,(H,27,29). The van der Waals surface area contributed by atoms with E-state index in [9.17, 15) is 9.59 Å². The first-order valence-electron chi connectivity index (χ1n) is 10.1. The van der Waals surface area contributed by atoms with E-state index in [1.54, 1.807) is 19.3 Å². The Hall–Kier alpha value is -3.21. The largest absolute Gasteiger partial charge is 0.380 e. The lowest BCUT2D eigenvalue weighted by atomic mass is 9.89. The molecular formula is C24H25N3O2. The molecule has 0 saturated heterocycles. The number of amides is 1. The van der Waals surface area contributed by atoms with Gasteiger partial charge in [-0.15, -0.1) is 0 Å². The Bertz CT molecular complexity index is 1040. The number of rotatable bonds is 5. The first kappa shape index (κ1) is 19.1. The number of para-hydroxylation sites is 1. The third kappa shape index (κ3) is 4.14. The van der Waals surface area contributed by atoms with Crippen LogP contribution in [0.15, 0.2) is 60.9 Å². The highest BCUT2D eigenvalue weighted by molar-refractivity contribution is 6.06. The number of hydrogen-bond acceptors (Lipinski definition) is 4. The van der Waals surface area contributed by atoms with Crippen LogP contribution in [-0.2, 0) is 0 Å². The van der Waals surface area contributed by atoms with Gasteiger partial charge in [-0.3, -0.25) is 14.6 Å². The second-order valence-electron chi connectivity index (χ2n) is 7.63. The molecule has 1 aromatic heterocycles. The summed E-state index contributed by atoms with van der Waals surface area (Å²) in [7, 11) is 0. The van der Waals surface area contributed by atoms with Gasteiger partial charge >= 0.3 is 0 Å². The van der Waals surface area contributed by atoms with E-state index in [2.05, 4.69) is 15.6 Å². The molecule has 148 valence electrons. The van der Waals surface area contributed by atoms with E-state index >= 15 is 0 Å². The number of hydrogen-bond donors (Lipinski definition) is 2. The van der Waals surface area contributed by atoms with Gasteiger partial charge in [0.2, 0.25) is 0 Å². The van der Waals surface area contributed by atoms with Crippen LogP contribution in [0.4, 0.5) is 5.69 Å². The lowest BCUT2D eigenvalue weighted by Gasteiger charge is -2.34. The molecule has 2 aromatic carbocycles. The fraction of sp³-hybridized carbons (Fsp3) is 0.292. The van der Waals surface area contributed by atoms with Crippen molar-refractivity contribution >= 4 is 28.2 Å². The molecule has 1 saturated carbocycles. The van der Waals surface area contributed by atoms with Crippen LogP contribution in [0, 0.1) is 0 Å². The molecule has 0 radical (unpaired) electrons. The Morgan fingerprint density at radius 2 is 1.62 bits per heavy atom. The average Bonchev–Trinajstić information content (AvgIpc) is 2.75. The molecule has 1 aliphatic rings. The molecule has 2 N–H and O–H groups in total. The van der Waals surface area contributed by atoms with Gasteiger partial charge in [-0.25, -0.2) is 0 Å². The predicted octanol–water partition coefficient (Wildman–Crippen LogP) is 4.59. The fourth-order valence-corrected chi connectivity index (χ4v) is 4.14. The van der Waals surface area contributed by atoms with E-state index in [4.69, 9.17) is 0 Å². The van der Waals surface area contributed by atoms with E-state index < -0.39 is 0 Å². The van der Waals surface area contributed by atoms with Crippen LogP contribution in [0.3, 0.4) is 0 Å². The first-order valence-corrected chi connectivity index (χ1v) is 10.1. The Balaban J connectivity index is 1.55. The maximum Gasteiger partial charge on any atom is 0.253 e. The van der Waals surface area contributed by atoms with E-state index in [-0.39, 0.29) is 23.8 Å². The maximum atomic E-state index is 13.1. The summed E-state index contributed by atoms with van der Waals surface area (Å²) in [5, 5.41) is 8.60. The van der Waals surface area contributed by atoms with E-state index in [0.717, 1.165) is 42.1 Å². The van der Waals surface area contributed by atoms with Crippen LogP contribution in [0.25, 0.3) is 10.8 Å². The van der Waals surface area contributed by atoms with Gasteiger partial charge in [0.25, 0.3) is 5.91 Å². The molecule has 0 aliphatic heterocycles. The number of nitrogens with zero attached hydrogens (tertiary/aromatic N) is 1. The number of fused-ring (bicyclic) bond motifs is 1. The number of aromatic nitrogens is 1. The molecule has 2 atom stereocenters. The molecule has 1 heterocycles. The topological polar surface area (TPSA) is 71.1 Å². The van der Waals surface area contributed by atoms with Crippen LogP contribution in [0.5, 0.6) is 0 Å². The highest BCUT2D eigenvalue weighted by Crippen LogP contribution is 2.25. The molecular weight excluding hydrogens is 362 g/mol. The summed E-state index contributed by atoms with van der Waals surface area (Å²) in [5.41, 5.74) is 2.11. The predicted molar refractivity (Wildman–Crippen MR) is 115 cm³/mol. The second-order valence-corrected chi connectivity index (χ2v) is 7.63. The van der Waals surface area contributed by atoms with E-state index in [1.807, 2.05) is 48.5 Å². The lowest BCUT2D eigenvalue weighted by molar-refractivity contribution is 0.0924. The Morgan fingerprint density at radius 3 is 2.45 bits per heavy atom. The molecule has 29 heavy (non-hydrogen) atoms. The van der Waals surface area contributed by atoms with Gasteiger partial charge in [-0.05, 0) is 37.3 Å². The zero-order valence-corrected chi connectivity index (χ0v) is 16.5. The maximum absolute atomic E-state index is 13.1. The molecule has 5 nitrogen and oxygen atoms in total. The summed E-state index contributed by atoms with van der Waals surface area (Å²) in [6.45, 7) is 1.58. The summed E-state index contributed by atoms with van der Waals surface area (Å²) in [5.74, 6) is -0.0702. The lowest BCUT2D eigenvalue weighted by Crippen LogP contribution is -2.48. The summed E-state index contributed by atoms with van der Waals surface area (Å²) < 4.78 is 0. The molecule has 1 aliphatic carbocycles. The molecule has 1 fully saturated rings. The van der Waals surface area contributed by atoms with E-state index in [0.29, 0.717) is 11.1 Å². The van der Waals surface area contributed by atoms with Crippen molar-refractivity contribution in [2.75, 3.05) is 5.32 Å². The van der Waals surface area contributed by atoms with Crippen LogP contribution in [-0.4, -0.2) is 28.8 Å². The van der Waals surface area contributed by atoms with Gasteiger partial charge in [0.15, 0.2) is 5.78 Å². The molecule has 0 bridgehead atoms. The van der Waals surface area contributed by atoms with Crippen molar-refractivity contribution in [3.63, 3.8) is 0 Å². The van der Waals surface area contributed by atoms with Crippen molar-refractivity contribution in [2.24, 2.45) is 0 Å². The van der Waals surface area contributed by atoms with Gasteiger partial charge in [0.1, 0.15) is 0 Å². The summed E-state index contributed by atoms with van der Waals surface area (Å²) in [6, 6.07) is 15.4. The van der Waals surface area contributed by atoms with Crippen molar-refractivity contribution in [3.05, 3.63) is 72.1 Å². The molecule has 2 unspecified atom stereocenters. The Labute approximate surface area is 170 Å². The van der Waals surface area contributed by atoms with Gasteiger partial charge in [-0.1, -0.05) is 49.2 Å². The van der Waals surface area contributed by atoms with Crippen molar-refractivity contribution in [1.82, 2.24) is 10.3 Å². The Morgan fingerprint density at radius 1 is 0.897 bits per heavy atom. The molecule has 0 spiro atoms. The van der Waals surface area contributed by atoms with Crippen molar-refractivity contribution in [3.8, 4) is 0 Å². The minimum Gasteiger partial charge on any atom is -0.380 e. The molecule has 4 rings (SSSR count). The molecule has 5 heteroatoms. The van der Waals surface area contributed by atoms with Crippen LogP contribution < -0.4 is 10.6 Å². The SMILES string of the molecule is CC(=O)c1ccccc1NC1CCCCC1NC(=O)c1cncc2ccccc12.